The first-order valence-electron chi connectivity index (χ1n) is 7.06. The van der Waals surface area contributed by atoms with Gasteiger partial charge in [0.1, 0.15) is 0 Å². The molecule has 106 valence electrons. The summed E-state index contributed by atoms with van der Waals surface area (Å²) < 4.78 is 2.23. The van der Waals surface area contributed by atoms with Crippen molar-refractivity contribution in [1.29, 1.82) is 5.26 Å². The number of primary amides is 1. The lowest BCUT2D eigenvalue weighted by Gasteiger charge is -2.07. The maximum atomic E-state index is 11.9. The van der Waals surface area contributed by atoms with Crippen molar-refractivity contribution in [2.75, 3.05) is 0 Å². The van der Waals surface area contributed by atoms with Crippen LogP contribution in [-0.2, 0) is 0 Å². The number of carbonyl (C=O) groups excluding carboxylic acids is 1. The van der Waals surface area contributed by atoms with Gasteiger partial charge in [-0.2, -0.15) is 5.26 Å². The molecule has 0 bridgehead atoms. The van der Waals surface area contributed by atoms with Gasteiger partial charge in [0.2, 0.25) is 0 Å². The largest absolute Gasteiger partial charge is 0.366 e. The normalized spacial score (nSPS) is 14.0. The molecule has 4 nitrogen and oxygen atoms in total. The van der Waals surface area contributed by atoms with Crippen LogP contribution >= 0.6 is 0 Å². The summed E-state index contributed by atoms with van der Waals surface area (Å²) in [7, 11) is 0. The molecule has 0 atom stereocenters. The summed E-state index contributed by atoms with van der Waals surface area (Å²) in [6.07, 6.45) is 2.31. The maximum Gasteiger partial charge on any atom is 0.251 e. The number of benzene rings is 1. The number of hydrogen-bond donors (Lipinski definition) is 1. The van der Waals surface area contributed by atoms with Gasteiger partial charge < -0.3 is 10.3 Å². The van der Waals surface area contributed by atoms with Crippen molar-refractivity contribution in [3.63, 3.8) is 0 Å². The molecule has 1 fully saturated rings. The van der Waals surface area contributed by atoms with Gasteiger partial charge in [0.25, 0.3) is 5.91 Å². The van der Waals surface area contributed by atoms with Crippen LogP contribution in [-0.4, -0.2) is 10.5 Å². The molecule has 1 aromatic carbocycles. The monoisotopic (exact) mass is 279 g/mol. The topological polar surface area (TPSA) is 71.8 Å². The van der Waals surface area contributed by atoms with Crippen molar-refractivity contribution in [1.82, 2.24) is 4.57 Å². The Bertz CT molecular complexity index is 759. The second-order valence-corrected chi connectivity index (χ2v) is 5.58. The van der Waals surface area contributed by atoms with Crippen molar-refractivity contribution in [2.24, 2.45) is 5.73 Å². The third kappa shape index (κ3) is 2.11. The second kappa shape index (κ2) is 4.78. The highest BCUT2D eigenvalue weighted by molar-refractivity contribution is 6.02. The first kappa shape index (κ1) is 13.4. The van der Waals surface area contributed by atoms with E-state index in [2.05, 4.69) is 10.6 Å². The number of nitrogens with two attached hydrogens (primary N) is 1. The molecule has 0 radical (unpaired) electrons. The molecule has 2 N–H and O–H groups in total. The molecule has 1 amide bonds. The van der Waals surface area contributed by atoms with Crippen LogP contribution in [0.1, 0.15) is 46.2 Å². The van der Waals surface area contributed by atoms with E-state index in [1.165, 1.54) is 0 Å². The predicted octanol–water partition coefficient (Wildman–Crippen LogP) is 3.08. The van der Waals surface area contributed by atoms with Gasteiger partial charge in [0.15, 0.2) is 0 Å². The van der Waals surface area contributed by atoms with Crippen LogP contribution in [0.3, 0.4) is 0 Å². The van der Waals surface area contributed by atoms with Crippen LogP contribution in [0.15, 0.2) is 24.3 Å². The minimum absolute atomic E-state index is 0.394. The zero-order valence-corrected chi connectivity index (χ0v) is 12.2. The van der Waals surface area contributed by atoms with Gasteiger partial charge in [-0.05, 0) is 44.4 Å². The molecule has 0 unspecified atom stereocenters. The lowest BCUT2D eigenvalue weighted by molar-refractivity contribution is 0.1000. The lowest BCUT2D eigenvalue weighted by Crippen LogP contribution is -2.13. The van der Waals surface area contributed by atoms with E-state index in [1.54, 1.807) is 12.1 Å². The molecule has 4 heteroatoms. The lowest BCUT2D eigenvalue weighted by atomic mass is 9.99. The quantitative estimate of drug-likeness (QED) is 0.937. The molecule has 1 saturated carbocycles. The first-order valence-corrected chi connectivity index (χ1v) is 7.06. The molecular weight excluding hydrogens is 262 g/mol. The number of nitriles is 1. The van der Waals surface area contributed by atoms with Crippen molar-refractivity contribution >= 4 is 5.91 Å². The fraction of sp³-hybridized carbons (Fsp3) is 0.294. The van der Waals surface area contributed by atoms with Crippen molar-refractivity contribution in [3.05, 3.63) is 46.8 Å². The fourth-order valence-corrected chi connectivity index (χ4v) is 3.10. The third-order valence-electron chi connectivity index (χ3n) is 4.16. The van der Waals surface area contributed by atoms with E-state index in [9.17, 15) is 4.79 Å². The number of rotatable bonds is 3. The van der Waals surface area contributed by atoms with E-state index < -0.39 is 5.91 Å². The zero-order valence-electron chi connectivity index (χ0n) is 12.2. The van der Waals surface area contributed by atoms with Gasteiger partial charge in [-0.1, -0.05) is 12.1 Å². The van der Waals surface area contributed by atoms with Crippen molar-refractivity contribution < 1.29 is 4.79 Å². The van der Waals surface area contributed by atoms with Gasteiger partial charge in [-0.25, -0.2) is 0 Å². The molecule has 21 heavy (non-hydrogen) atoms. The molecule has 0 aliphatic heterocycles. The molecule has 1 aliphatic carbocycles. The van der Waals surface area contributed by atoms with E-state index in [-0.39, 0.29) is 0 Å². The van der Waals surface area contributed by atoms with Gasteiger partial charge in [-0.15, -0.1) is 0 Å². The van der Waals surface area contributed by atoms with Crippen LogP contribution in [0.4, 0.5) is 0 Å². The Hall–Kier alpha value is -2.54. The van der Waals surface area contributed by atoms with E-state index in [4.69, 9.17) is 11.0 Å². The Morgan fingerprint density at radius 3 is 2.33 bits per heavy atom. The Kier molecular flexibility index (Phi) is 3.06. The molecule has 2 aromatic rings. The maximum absolute atomic E-state index is 11.9. The summed E-state index contributed by atoms with van der Waals surface area (Å²) in [6, 6.07) is 9.89. The highest BCUT2D eigenvalue weighted by Crippen LogP contribution is 2.42. The molecule has 0 spiro atoms. The van der Waals surface area contributed by atoms with Gasteiger partial charge >= 0.3 is 0 Å². The molecule has 0 saturated heterocycles. The van der Waals surface area contributed by atoms with Crippen molar-refractivity contribution in [3.8, 4) is 17.2 Å². The van der Waals surface area contributed by atoms with E-state index in [1.807, 2.05) is 26.0 Å². The van der Waals surface area contributed by atoms with Crippen LogP contribution in [0.25, 0.3) is 11.1 Å². The molecule has 1 heterocycles. The van der Waals surface area contributed by atoms with E-state index in [0.29, 0.717) is 17.2 Å². The van der Waals surface area contributed by atoms with Crippen LogP contribution < -0.4 is 5.73 Å². The van der Waals surface area contributed by atoms with E-state index >= 15 is 0 Å². The highest BCUT2D eigenvalue weighted by Gasteiger charge is 2.31. The summed E-state index contributed by atoms with van der Waals surface area (Å²) in [5.74, 6) is -0.394. The Labute approximate surface area is 123 Å². The van der Waals surface area contributed by atoms with Crippen LogP contribution in [0, 0.1) is 25.2 Å². The number of nitrogens with zero attached hydrogens (tertiary/aromatic N) is 2. The van der Waals surface area contributed by atoms with Gasteiger partial charge in [-0.3, -0.25) is 4.79 Å². The minimum atomic E-state index is -0.394. The summed E-state index contributed by atoms with van der Waals surface area (Å²) in [5.41, 5.74) is 10.7. The smallest absolute Gasteiger partial charge is 0.251 e. The fourth-order valence-electron chi connectivity index (χ4n) is 3.10. The molecule has 3 rings (SSSR count). The molecular formula is C17H17N3O. The Morgan fingerprint density at radius 1 is 1.24 bits per heavy atom. The minimum Gasteiger partial charge on any atom is -0.366 e. The Morgan fingerprint density at radius 2 is 1.86 bits per heavy atom. The predicted molar refractivity (Wildman–Crippen MR) is 80.8 cm³/mol. The SMILES string of the molecule is Cc1c(C(N)=O)c(-c2ccc(C#N)cc2)c(C)n1C1CC1. The number of amides is 1. The summed E-state index contributed by atoms with van der Waals surface area (Å²) in [5, 5.41) is 8.90. The number of hydrogen-bond acceptors (Lipinski definition) is 2. The highest BCUT2D eigenvalue weighted by atomic mass is 16.1. The molecule has 1 aromatic heterocycles. The average Bonchev–Trinajstić information content (AvgIpc) is 3.25. The average molecular weight is 279 g/mol. The first-order chi connectivity index (χ1) is 10.0. The van der Waals surface area contributed by atoms with E-state index in [0.717, 1.165) is 35.4 Å². The summed E-state index contributed by atoms with van der Waals surface area (Å²) in [4.78, 5) is 11.9. The third-order valence-corrected chi connectivity index (χ3v) is 4.16. The molecule has 1 aliphatic rings. The number of aromatic nitrogens is 1. The number of carbonyl (C=O) groups is 1. The standard InChI is InChI=1S/C17H17N3O/c1-10-15(13-5-3-12(9-18)4-6-13)16(17(19)21)11(2)20(10)14-7-8-14/h3-6,14H,7-8H2,1-2H3,(H2,19,21). The van der Waals surface area contributed by atoms with Crippen LogP contribution in [0.2, 0.25) is 0 Å². The second-order valence-electron chi connectivity index (χ2n) is 5.58. The summed E-state index contributed by atoms with van der Waals surface area (Å²) in [6.45, 7) is 3.99. The van der Waals surface area contributed by atoms with Gasteiger partial charge in [0, 0.05) is 23.0 Å². The zero-order chi connectivity index (χ0) is 15.1. The van der Waals surface area contributed by atoms with Gasteiger partial charge in [0.05, 0.1) is 17.2 Å². The summed E-state index contributed by atoms with van der Waals surface area (Å²) >= 11 is 0. The Balaban J connectivity index is 2.22. The van der Waals surface area contributed by atoms with Crippen molar-refractivity contribution in [2.45, 2.75) is 32.7 Å². The van der Waals surface area contributed by atoms with Crippen LogP contribution in [0.5, 0.6) is 0 Å².